The number of hydrogen-bond acceptors (Lipinski definition) is 9. The molecule has 3 aromatic rings. The Kier molecular flexibility index (Phi) is 6.76. The normalized spacial score (nSPS) is 19.1. The van der Waals surface area contributed by atoms with Gasteiger partial charge in [0.25, 0.3) is 0 Å². The Morgan fingerprint density at radius 3 is 2.53 bits per heavy atom. The highest BCUT2D eigenvalue weighted by atomic mass is 32.2. The first kappa shape index (κ1) is 24.4. The Hall–Kier alpha value is -3.31. The Morgan fingerprint density at radius 1 is 1.08 bits per heavy atom. The summed E-state index contributed by atoms with van der Waals surface area (Å²) in [6.45, 7) is 6.01. The predicted octanol–water partition coefficient (Wildman–Crippen LogP) is 2.54. The lowest BCUT2D eigenvalue weighted by molar-refractivity contribution is -0.129. The summed E-state index contributed by atoms with van der Waals surface area (Å²) in [5, 5.41) is 4.25. The van der Waals surface area contributed by atoms with E-state index in [0.29, 0.717) is 36.2 Å². The maximum Gasteiger partial charge on any atom is 0.244 e. The summed E-state index contributed by atoms with van der Waals surface area (Å²) < 4.78 is 29.2. The maximum atomic E-state index is 11.7. The largest absolute Gasteiger partial charge is 0.353 e. The molecule has 5 rings (SSSR count). The maximum absolute atomic E-state index is 11.7. The molecule has 11 heteroatoms. The van der Waals surface area contributed by atoms with Gasteiger partial charge in [-0.2, -0.15) is 4.98 Å². The first-order valence-electron chi connectivity index (χ1n) is 12.1. The molecule has 0 spiro atoms. The van der Waals surface area contributed by atoms with Gasteiger partial charge < -0.3 is 14.3 Å². The van der Waals surface area contributed by atoms with E-state index in [1.165, 1.54) is 6.26 Å². The van der Waals surface area contributed by atoms with Crippen LogP contribution in [-0.2, 0) is 21.2 Å². The van der Waals surface area contributed by atoms with Gasteiger partial charge in [0.1, 0.15) is 5.82 Å². The van der Waals surface area contributed by atoms with Crippen molar-refractivity contribution < 1.29 is 17.7 Å². The van der Waals surface area contributed by atoms with E-state index < -0.39 is 9.84 Å². The number of carbonyl (C=O) groups excluding carboxylic acids is 1. The van der Waals surface area contributed by atoms with Gasteiger partial charge in [-0.15, -0.1) is 0 Å². The number of hydrogen-bond donors (Lipinski definition) is 0. The van der Waals surface area contributed by atoms with Crippen LogP contribution in [0.4, 0.5) is 5.82 Å². The zero-order valence-electron chi connectivity index (χ0n) is 20.5. The quantitative estimate of drug-likeness (QED) is 0.494. The zero-order valence-corrected chi connectivity index (χ0v) is 21.3. The van der Waals surface area contributed by atoms with Gasteiger partial charge in [-0.3, -0.25) is 9.69 Å². The van der Waals surface area contributed by atoms with Crippen LogP contribution in [0.15, 0.2) is 52.0 Å². The number of nitrogens with zero attached hydrogens (tertiary/aromatic N) is 6. The van der Waals surface area contributed by atoms with Crippen molar-refractivity contribution in [2.24, 2.45) is 0 Å². The number of amides is 1. The van der Waals surface area contributed by atoms with Gasteiger partial charge in [0.15, 0.2) is 9.84 Å². The summed E-state index contributed by atoms with van der Waals surface area (Å²) in [7, 11) is -3.21. The number of carbonyl (C=O) groups is 1. The fraction of sp³-hybridized carbons (Fsp3) is 0.440. The predicted molar refractivity (Wildman–Crippen MR) is 134 cm³/mol. The topological polar surface area (TPSA) is 113 Å². The molecule has 2 aliphatic heterocycles. The molecule has 0 bridgehead atoms. The molecule has 0 saturated carbocycles. The molecule has 36 heavy (non-hydrogen) atoms. The van der Waals surface area contributed by atoms with E-state index in [1.54, 1.807) is 25.3 Å². The van der Waals surface area contributed by atoms with E-state index in [1.807, 2.05) is 29.2 Å². The van der Waals surface area contributed by atoms with Crippen molar-refractivity contribution >= 4 is 21.6 Å². The second kappa shape index (κ2) is 9.98. The van der Waals surface area contributed by atoms with Crippen molar-refractivity contribution in [1.29, 1.82) is 0 Å². The lowest BCUT2D eigenvalue weighted by atomic mass is 10.2. The van der Waals surface area contributed by atoms with Gasteiger partial charge in [0.05, 0.1) is 10.9 Å². The molecule has 0 unspecified atom stereocenters. The Bertz CT molecular complexity index is 1330. The Morgan fingerprint density at radius 2 is 1.83 bits per heavy atom. The SMILES string of the molecule is CC(=O)N1CCN(c2cc(-c3noc([C@@H]4CCCN4Cc4ccc(S(C)(=O)=O)cc4)n3)ccn2)CC1. The van der Waals surface area contributed by atoms with Crippen LogP contribution in [0.5, 0.6) is 0 Å². The van der Waals surface area contributed by atoms with Gasteiger partial charge >= 0.3 is 0 Å². The Labute approximate surface area is 210 Å². The summed E-state index contributed by atoms with van der Waals surface area (Å²) in [5.41, 5.74) is 1.88. The molecule has 4 heterocycles. The molecule has 2 aliphatic rings. The fourth-order valence-electron chi connectivity index (χ4n) is 4.84. The third-order valence-corrected chi connectivity index (χ3v) is 8.01. The molecule has 0 aliphatic carbocycles. The minimum Gasteiger partial charge on any atom is -0.353 e. The van der Waals surface area contributed by atoms with E-state index in [4.69, 9.17) is 9.51 Å². The third kappa shape index (κ3) is 5.26. The molecule has 2 fully saturated rings. The number of anilines is 1. The average Bonchev–Trinajstić information content (AvgIpc) is 3.54. The molecule has 10 nitrogen and oxygen atoms in total. The first-order valence-corrected chi connectivity index (χ1v) is 14.0. The van der Waals surface area contributed by atoms with Crippen LogP contribution in [0.3, 0.4) is 0 Å². The smallest absolute Gasteiger partial charge is 0.244 e. The summed E-state index contributed by atoms with van der Waals surface area (Å²) in [6, 6.07) is 10.9. The molecule has 1 atom stereocenters. The van der Waals surface area contributed by atoms with E-state index >= 15 is 0 Å². The molecule has 0 radical (unpaired) electrons. The van der Waals surface area contributed by atoms with Gasteiger partial charge in [-0.1, -0.05) is 17.3 Å². The highest BCUT2D eigenvalue weighted by Crippen LogP contribution is 2.33. The van der Waals surface area contributed by atoms with Crippen molar-refractivity contribution in [2.45, 2.75) is 37.2 Å². The van der Waals surface area contributed by atoms with Crippen LogP contribution in [0.25, 0.3) is 11.4 Å². The minimum atomic E-state index is -3.21. The Balaban J connectivity index is 1.28. The van der Waals surface area contributed by atoms with Crippen molar-refractivity contribution in [2.75, 3.05) is 43.9 Å². The second-order valence-corrected chi connectivity index (χ2v) is 11.4. The standard InChI is InChI=1S/C25H30N6O4S/c1-18(32)29-12-14-30(15-13-29)23-16-20(9-10-26-23)24-27-25(35-28-24)22-4-3-11-31(22)17-19-5-7-21(8-6-19)36(2,33)34/h5-10,16,22H,3-4,11-15,17H2,1-2H3/t22-/m0/s1. The number of likely N-dealkylation sites (tertiary alicyclic amines) is 1. The van der Waals surface area contributed by atoms with E-state index in [9.17, 15) is 13.2 Å². The number of pyridine rings is 1. The van der Waals surface area contributed by atoms with E-state index in [0.717, 1.165) is 49.4 Å². The highest BCUT2D eigenvalue weighted by molar-refractivity contribution is 7.90. The fourth-order valence-corrected chi connectivity index (χ4v) is 5.47. The minimum absolute atomic E-state index is 0.0156. The summed E-state index contributed by atoms with van der Waals surface area (Å²) in [6.07, 6.45) is 4.91. The third-order valence-electron chi connectivity index (χ3n) is 6.88. The van der Waals surface area contributed by atoms with Gasteiger partial charge in [0, 0.05) is 57.7 Å². The second-order valence-electron chi connectivity index (χ2n) is 9.40. The first-order chi connectivity index (χ1) is 17.3. The molecular formula is C25H30N6O4S. The molecule has 2 saturated heterocycles. The van der Waals surface area contributed by atoms with Crippen LogP contribution < -0.4 is 4.90 Å². The summed E-state index contributed by atoms with van der Waals surface area (Å²) >= 11 is 0. The highest BCUT2D eigenvalue weighted by Gasteiger charge is 2.31. The monoisotopic (exact) mass is 510 g/mol. The van der Waals surface area contributed by atoms with E-state index in [2.05, 4.69) is 19.9 Å². The molecule has 190 valence electrons. The van der Waals surface area contributed by atoms with Crippen LogP contribution in [0.1, 0.15) is 37.3 Å². The summed E-state index contributed by atoms with van der Waals surface area (Å²) in [4.78, 5) is 27.5. The number of sulfone groups is 1. The van der Waals surface area contributed by atoms with Crippen LogP contribution >= 0.6 is 0 Å². The van der Waals surface area contributed by atoms with Crippen molar-refractivity contribution in [3.8, 4) is 11.4 Å². The van der Waals surface area contributed by atoms with Crippen LogP contribution in [0.2, 0.25) is 0 Å². The number of piperazine rings is 1. The van der Waals surface area contributed by atoms with Crippen LogP contribution in [0, 0.1) is 0 Å². The molecule has 0 N–H and O–H groups in total. The van der Waals surface area contributed by atoms with Gasteiger partial charge in [-0.25, -0.2) is 13.4 Å². The zero-order chi connectivity index (χ0) is 25.3. The number of aromatic nitrogens is 3. The summed E-state index contributed by atoms with van der Waals surface area (Å²) in [5.74, 6) is 2.05. The van der Waals surface area contributed by atoms with Crippen molar-refractivity contribution in [1.82, 2.24) is 24.9 Å². The van der Waals surface area contributed by atoms with Crippen molar-refractivity contribution in [3.63, 3.8) is 0 Å². The van der Waals surface area contributed by atoms with E-state index in [-0.39, 0.29) is 11.9 Å². The molecule has 1 aromatic carbocycles. The van der Waals surface area contributed by atoms with Crippen LogP contribution in [-0.4, -0.2) is 78.2 Å². The lowest BCUT2D eigenvalue weighted by Crippen LogP contribution is -2.48. The van der Waals surface area contributed by atoms with Crippen molar-refractivity contribution in [3.05, 3.63) is 54.0 Å². The number of benzene rings is 1. The molecule has 2 aromatic heterocycles. The number of rotatable bonds is 6. The molecular weight excluding hydrogens is 480 g/mol. The lowest BCUT2D eigenvalue weighted by Gasteiger charge is -2.34. The van der Waals surface area contributed by atoms with Gasteiger partial charge in [-0.05, 0) is 49.2 Å². The molecule has 1 amide bonds. The average molecular weight is 511 g/mol. The van der Waals surface area contributed by atoms with Gasteiger partial charge in [0.2, 0.25) is 17.6 Å².